The molecule has 8 heteroatoms. The molecular weight excluding hydrogens is 450 g/mol. The third-order valence-electron chi connectivity index (χ3n) is 7.20. The number of imidazole rings is 1. The second-order valence-corrected chi connectivity index (χ2v) is 9.72. The molecule has 1 atom stereocenters. The summed E-state index contributed by atoms with van der Waals surface area (Å²) < 4.78 is 35.9. The molecule has 0 radical (unpaired) electrons. The van der Waals surface area contributed by atoms with Crippen molar-refractivity contribution in [3.05, 3.63) is 83.0 Å². The SMILES string of the molecule is COc1cc(/C=C2\CC3(CC3)CN3C2=NOCC3c2ccc(F)cc2F)ccc1-n1cnc(C)c1. The molecule has 1 saturated carbocycles. The molecule has 6 nitrogen and oxygen atoms in total. The number of rotatable bonds is 4. The predicted molar refractivity (Wildman–Crippen MR) is 128 cm³/mol. The second-order valence-electron chi connectivity index (χ2n) is 9.72. The molecule has 1 unspecified atom stereocenters. The van der Waals surface area contributed by atoms with Gasteiger partial charge in [0.15, 0.2) is 5.84 Å². The first-order valence-electron chi connectivity index (χ1n) is 11.8. The Kier molecular flexibility index (Phi) is 5.12. The molecule has 0 N–H and O–H groups in total. The number of aryl methyl sites for hydroxylation is 1. The summed E-state index contributed by atoms with van der Waals surface area (Å²) >= 11 is 0. The number of halogens is 2. The summed E-state index contributed by atoms with van der Waals surface area (Å²) in [6, 6.07) is 9.44. The van der Waals surface area contributed by atoms with Crippen LogP contribution in [0.4, 0.5) is 8.78 Å². The standard InChI is InChI=1S/C27H26F2N4O2/c1-17-13-32(16-30-17)23-6-3-18(10-25(23)34-2)9-19-12-27(7-8-27)15-33-24(14-35-31-26(19)33)21-5-4-20(28)11-22(21)29/h3-6,9-11,13,16,24H,7-8,12,14-15H2,1-2H3/b19-9+. The van der Waals surface area contributed by atoms with Crippen LogP contribution in [0.1, 0.15) is 42.1 Å². The van der Waals surface area contributed by atoms with Gasteiger partial charge in [0.25, 0.3) is 0 Å². The van der Waals surface area contributed by atoms with Gasteiger partial charge in [-0.25, -0.2) is 13.8 Å². The first-order chi connectivity index (χ1) is 16.9. The van der Waals surface area contributed by atoms with Crippen LogP contribution in [0.3, 0.4) is 0 Å². The lowest BCUT2D eigenvalue weighted by Crippen LogP contribution is -2.48. The van der Waals surface area contributed by atoms with Crippen molar-refractivity contribution in [3.63, 3.8) is 0 Å². The lowest BCUT2D eigenvalue weighted by molar-refractivity contribution is 0.0468. The normalized spacial score (nSPS) is 21.5. The number of aromatic nitrogens is 2. The van der Waals surface area contributed by atoms with Crippen LogP contribution in [0.5, 0.6) is 5.75 Å². The number of fused-ring (bicyclic) bond motifs is 1. The maximum Gasteiger partial charge on any atom is 0.172 e. The molecule has 180 valence electrons. The number of hydrogen-bond acceptors (Lipinski definition) is 5. The summed E-state index contributed by atoms with van der Waals surface area (Å²) in [6.07, 6.45) is 8.96. The minimum atomic E-state index is -0.585. The van der Waals surface area contributed by atoms with Gasteiger partial charge in [-0.2, -0.15) is 0 Å². The summed E-state index contributed by atoms with van der Waals surface area (Å²) in [6.45, 7) is 2.96. The van der Waals surface area contributed by atoms with Crippen LogP contribution in [-0.4, -0.2) is 40.5 Å². The molecule has 2 aromatic carbocycles. The summed E-state index contributed by atoms with van der Waals surface area (Å²) in [5.74, 6) is 0.309. The van der Waals surface area contributed by atoms with E-state index in [-0.39, 0.29) is 18.1 Å². The first-order valence-corrected chi connectivity index (χ1v) is 11.8. The zero-order valence-electron chi connectivity index (χ0n) is 19.7. The molecule has 3 heterocycles. The van der Waals surface area contributed by atoms with E-state index < -0.39 is 11.6 Å². The van der Waals surface area contributed by atoms with Gasteiger partial charge in [0, 0.05) is 24.4 Å². The molecule has 3 aromatic rings. The molecular formula is C27H26F2N4O2. The summed E-state index contributed by atoms with van der Waals surface area (Å²) in [7, 11) is 1.65. The van der Waals surface area contributed by atoms with E-state index in [4.69, 9.17) is 9.57 Å². The predicted octanol–water partition coefficient (Wildman–Crippen LogP) is 5.42. The van der Waals surface area contributed by atoms with Crippen LogP contribution in [0.25, 0.3) is 11.8 Å². The van der Waals surface area contributed by atoms with Crippen LogP contribution in [0.15, 0.2) is 59.7 Å². The largest absolute Gasteiger partial charge is 0.495 e. The Balaban J connectivity index is 1.37. The zero-order valence-corrected chi connectivity index (χ0v) is 19.7. The van der Waals surface area contributed by atoms with Gasteiger partial charge in [-0.05, 0) is 67.0 Å². The highest BCUT2D eigenvalue weighted by Gasteiger charge is 2.51. The third-order valence-corrected chi connectivity index (χ3v) is 7.20. The number of methoxy groups -OCH3 is 1. The van der Waals surface area contributed by atoms with E-state index in [9.17, 15) is 8.78 Å². The van der Waals surface area contributed by atoms with Gasteiger partial charge in [-0.1, -0.05) is 17.3 Å². The number of hydrogen-bond donors (Lipinski definition) is 0. The summed E-state index contributed by atoms with van der Waals surface area (Å²) in [5.41, 5.74) is 4.46. The van der Waals surface area contributed by atoms with Crippen LogP contribution < -0.4 is 4.74 Å². The molecule has 1 aromatic heterocycles. The molecule has 6 rings (SSSR count). The fourth-order valence-electron chi connectivity index (χ4n) is 5.20. The molecule has 1 spiro atoms. The van der Waals surface area contributed by atoms with Crippen molar-refractivity contribution < 1.29 is 18.4 Å². The van der Waals surface area contributed by atoms with Gasteiger partial charge in [0.05, 0.1) is 30.9 Å². The number of amidine groups is 1. The third kappa shape index (κ3) is 3.96. The van der Waals surface area contributed by atoms with Gasteiger partial charge in [0.1, 0.15) is 24.0 Å². The molecule has 3 aliphatic rings. The highest BCUT2D eigenvalue weighted by Crippen LogP contribution is 2.55. The minimum absolute atomic E-state index is 0.162. The van der Waals surface area contributed by atoms with Crippen LogP contribution >= 0.6 is 0 Å². The smallest absolute Gasteiger partial charge is 0.172 e. The number of piperidine rings is 1. The van der Waals surface area contributed by atoms with Gasteiger partial charge in [-0.15, -0.1) is 0 Å². The maximum atomic E-state index is 14.7. The molecule has 2 fully saturated rings. The van der Waals surface area contributed by atoms with Crippen LogP contribution in [0.2, 0.25) is 0 Å². The van der Waals surface area contributed by atoms with Crippen molar-refractivity contribution in [1.29, 1.82) is 0 Å². The van der Waals surface area contributed by atoms with Crippen LogP contribution in [-0.2, 0) is 4.84 Å². The monoisotopic (exact) mass is 476 g/mol. The lowest BCUT2D eigenvalue weighted by Gasteiger charge is -2.43. The average molecular weight is 477 g/mol. The van der Waals surface area contributed by atoms with Crippen molar-refractivity contribution in [3.8, 4) is 11.4 Å². The summed E-state index contributed by atoms with van der Waals surface area (Å²) in [5, 5.41) is 4.39. The number of benzene rings is 2. The quantitative estimate of drug-likeness (QED) is 0.505. The Morgan fingerprint density at radius 3 is 2.74 bits per heavy atom. The molecule has 1 aliphatic carbocycles. The lowest BCUT2D eigenvalue weighted by atomic mass is 9.86. The second kappa shape index (κ2) is 8.22. The van der Waals surface area contributed by atoms with Crippen molar-refractivity contribution in [1.82, 2.24) is 14.5 Å². The molecule has 0 bridgehead atoms. The van der Waals surface area contributed by atoms with E-state index >= 15 is 0 Å². The topological polar surface area (TPSA) is 51.9 Å². The van der Waals surface area contributed by atoms with Gasteiger partial charge < -0.3 is 19.0 Å². The maximum absolute atomic E-state index is 14.7. The van der Waals surface area contributed by atoms with Crippen LogP contribution in [0, 0.1) is 24.0 Å². The van der Waals surface area contributed by atoms with Gasteiger partial charge >= 0.3 is 0 Å². The van der Waals surface area contributed by atoms with Crippen molar-refractivity contribution >= 4 is 11.9 Å². The zero-order chi connectivity index (χ0) is 24.2. The summed E-state index contributed by atoms with van der Waals surface area (Å²) in [4.78, 5) is 12.0. The number of ether oxygens (including phenoxy) is 1. The van der Waals surface area contributed by atoms with E-state index in [0.717, 1.165) is 66.0 Å². The first kappa shape index (κ1) is 21.8. The van der Waals surface area contributed by atoms with E-state index in [1.54, 1.807) is 13.4 Å². The number of nitrogens with zero attached hydrogens (tertiary/aromatic N) is 4. The van der Waals surface area contributed by atoms with Crippen molar-refractivity contribution in [2.45, 2.75) is 32.2 Å². The van der Waals surface area contributed by atoms with E-state index in [1.165, 1.54) is 12.1 Å². The highest BCUT2D eigenvalue weighted by atomic mass is 19.1. The Hall–Kier alpha value is -3.68. The highest BCUT2D eigenvalue weighted by molar-refractivity contribution is 6.03. The Labute approximate surface area is 202 Å². The minimum Gasteiger partial charge on any atom is -0.495 e. The average Bonchev–Trinajstić information content (AvgIpc) is 3.44. The van der Waals surface area contributed by atoms with E-state index in [1.807, 2.05) is 35.9 Å². The molecule has 0 amide bonds. The Morgan fingerprint density at radius 1 is 1.17 bits per heavy atom. The van der Waals surface area contributed by atoms with Gasteiger partial charge in [-0.3, -0.25) is 0 Å². The van der Waals surface area contributed by atoms with Crippen molar-refractivity contribution in [2.75, 3.05) is 20.3 Å². The fourth-order valence-corrected chi connectivity index (χ4v) is 5.20. The number of oxime groups is 1. The van der Waals surface area contributed by atoms with Gasteiger partial charge in [0.2, 0.25) is 0 Å². The Bertz CT molecular complexity index is 1360. The molecule has 35 heavy (non-hydrogen) atoms. The fraction of sp³-hybridized carbons (Fsp3) is 0.333. The molecule has 2 aliphatic heterocycles. The van der Waals surface area contributed by atoms with Crippen molar-refractivity contribution in [2.24, 2.45) is 10.6 Å². The van der Waals surface area contributed by atoms with E-state index in [2.05, 4.69) is 21.1 Å². The van der Waals surface area contributed by atoms with E-state index in [0.29, 0.717) is 5.56 Å². The molecule has 1 saturated heterocycles. The Morgan fingerprint density at radius 2 is 2.03 bits per heavy atom.